The molecule has 0 heterocycles. The van der Waals surface area contributed by atoms with Gasteiger partial charge in [0.05, 0.1) is 11.5 Å². The molecular weight excluding hydrogens is 286 g/mol. The van der Waals surface area contributed by atoms with E-state index in [2.05, 4.69) is 5.32 Å². The SMILES string of the molecule is Cc1cc(S(C)(=O)=O)ccc1NCc1ccc(CO)cc1. The molecule has 0 radical (unpaired) electrons. The predicted molar refractivity (Wildman–Crippen MR) is 84.0 cm³/mol. The first-order chi connectivity index (χ1) is 9.90. The van der Waals surface area contributed by atoms with Gasteiger partial charge in [0.1, 0.15) is 0 Å². The summed E-state index contributed by atoms with van der Waals surface area (Å²) in [6, 6.07) is 12.8. The van der Waals surface area contributed by atoms with Crippen molar-refractivity contribution in [2.75, 3.05) is 11.6 Å². The van der Waals surface area contributed by atoms with Gasteiger partial charge in [0.2, 0.25) is 0 Å². The Morgan fingerprint density at radius 1 is 1.05 bits per heavy atom. The number of aliphatic hydroxyl groups excluding tert-OH is 1. The zero-order valence-electron chi connectivity index (χ0n) is 12.1. The van der Waals surface area contributed by atoms with Gasteiger partial charge in [-0.15, -0.1) is 0 Å². The van der Waals surface area contributed by atoms with E-state index in [1.165, 1.54) is 6.26 Å². The summed E-state index contributed by atoms with van der Waals surface area (Å²) in [6.07, 6.45) is 1.21. The molecular formula is C16H19NO3S. The molecule has 2 aromatic rings. The van der Waals surface area contributed by atoms with Crippen LogP contribution in [0.1, 0.15) is 16.7 Å². The van der Waals surface area contributed by atoms with Crippen LogP contribution in [0.5, 0.6) is 0 Å². The van der Waals surface area contributed by atoms with E-state index in [9.17, 15) is 8.42 Å². The lowest BCUT2D eigenvalue weighted by Gasteiger charge is -2.11. The maximum atomic E-state index is 11.5. The number of benzene rings is 2. The Labute approximate surface area is 125 Å². The van der Waals surface area contributed by atoms with Crippen LogP contribution in [0.3, 0.4) is 0 Å². The molecule has 0 aliphatic carbocycles. The Morgan fingerprint density at radius 3 is 2.19 bits per heavy atom. The second-order valence-electron chi connectivity index (χ2n) is 5.08. The molecule has 5 heteroatoms. The van der Waals surface area contributed by atoms with Gasteiger partial charge in [-0.2, -0.15) is 0 Å². The minimum absolute atomic E-state index is 0.0414. The standard InChI is InChI=1S/C16H19NO3S/c1-12-9-15(21(2,19)20)7-8-16(12)17-10-13-3-5-14(11-18)6-4-13/h3-9,17-18H,10-11H2,1-2H3. The normalized spacial score (nSPS) is 11.4. The van der Waals surface area contributed by atoms with Gasteiger partial charge in [0.25, 0.3) is 0 Å². The molecule has 4 nitrogen and oxygen atoms in total. The number of aryl methyl sites for hydroxylation is 1. The summed E-state index contributed by atoms with van der Waals surface area (Å²) in [4.78, 5) is 0.331. The van der Waals surface area contributed by atoms with Crippen molar-refractivity contribution < 1.29 is 13.5 Å². The molecule has 0 bridgehead atoms. The number of aliphatic hydroxyl groups is 1. The summed E-state index contributed by atoms with van der Waals surface area (Å²) in [5.41, 5.74) is 3.78. The Kier molecular flexibility index (Phi) is 4.65. The Hall–Kier alpha value is -1.85. The minimum Gasteiger partial charge on any atom is -0.392 e. The van der Waals surface area contributed by atoms with Crippen molar-refractivity contribution in [1.82, 2.24) is 0 Å². The lowest BCUT2D eigenvalue weighted by Crippen LogP contribution is -2.03. The second kappa shape index (κ2) is 6.28. The van der Waals surface area contributed by atoms with Gasteiger partial charge >= 0.3 is 0 Å². The first-order valence-electron chi connectivity index (χ1n) is 6.63. The summed E-state index contributed by atoms with van der Waals surface area (Å²) in [5, 5.41) is 12.3. The fourth-order valence-corrected chi connectivity index (χ4v) is 2.73. The Morgan fingerprint density at radius 2 is 1.67 bits per heavy atom. The van der Waals surface area contributed by atoms with Crippen LogP contribution in [0.2, 0.25) is 0 Å². The predicted octanol–water partition coefficient (Wildman–Crippen LogP) is 2.50. The topological polar surface area (TPSA) is 66.4 Å². The average Bonchev–Trinajstić information content (AvgIpc) is 2.45. The van der Waals surface area contributed by atoms with Crippen molar-refractivity contribution in [2.24, 2.45) is 0 Å². The molecule has 0 unspecified atom stereocenters. The van der Waals surface area contributed by atoms with Crippen molar-refractivity contribution in [3.63, 3.8) is 0 Å². The van der Waals surface area contributed by atoms with Crippen LogP contribution in [0, 0.1) is 6.92 Å². The van der Waals surface area contributed by atoms with Crippen LogP contribution >= 0.6 is 0 Å². The molecule has 112 valence electrons. The van der Waals surface area contributed by atoms with Gasteiger partial charge in [-0.05, 0) is 41.8 Å². The molecule has 0 fully saturated rings. The molecule has 0 aliphatic rings. The van der Waals surface area contributed by atoms with E-state index < -0.39 is 9.84 Å². The molecule has 0 atom stereocenters. The molecule has 0 aliphatic heterocycles. The van der Waals surface area contributed by atoms with Crippen LogP contribution in [-0.2, 0) is 23.0 Å². The Bertz CT molecular complexity index is 722. The van der Waals surface area contributed by atoms with E-state index in [-0.39, 0.29) is 6.61 Å². The highest BCUT2D eigenvalue weighted by atomic mass is 32.2. The molecule has 2 N–H and O–H groups in total. The maximum Gasteiger partial charge on any atom is 0.175 e. The van der Waals surface area contributed by atoms with Crippen molar-refractivity contribution in [1.29, 1.82) is 0 Å². The minimum atomic E-state index is -3.17. The van der Waals surface area contributed by atoms with E-state index in [0.717, 1.165) is 22.4 Å². The number of rotatable bonds is 5. The first kappa shape index (κ1) is 15.5. The number of nitrogens with one attached hydrogen (secondary N) is 1. The molecule has 0 saturated carbocycles. The third-order valence-corrected chi connectivity index (χ3v) is 4.42. The molecule has 2 rings (SSSR count). The zero-order valence-corrected chi connectivity index (χ0v) is 12.9. The summed E-state index contributed by atoms with van der Waals surface area (Å²) in [6.45, 7) is 2.57. The van der Waals surface area contributed by atoms with Crippen LogP contribution in [-0.4, -0.2) is 19.8 Å². The van der Waals surface area contributed by atoms with Crippen molar-refractivity contribution >= 4 is 15.5 Å². The largest absolute Gasteiger partial charge is 0.392 e. The highest BCUT2D eigenvalue weighted by Crippen LogP contribution is 2.20. The quantitative estimate of drug-likeness (QED) is 0.891. The lowest BCUT2D eigenvalue weighted by molar-refractivity contribution is 0.282. The highest BCUT2D eigenvalue weighted by molar-refractivity contribution is 7.90. The van der Waals surface area contributed by atoms with Crippen LogP contribution < -0.4 is 5.32 Å². The lowest BCUT2D eigenvalue weighted by atomic mass is 10.1. The van der Waals surface area contributed by atoms with Crippen molar-refractivity contribution in [3.05, 3.63) is 59.2 Å². The molecule has 21 heavy (non-hydrogen) atoms. The van der Waals surface area contributed by atoms with E-state index in [1.807, 2.05) is 31.2 Å². The average molecular weight is 305 g/mol. The number of hydrogen-bond donors (Lipinski definition) is 2. The molecule has 0 amide bonds. The number of hydrogen-bond acceptors (Lipinski definition) is 4. The Balaban J connectivity index is 2.09. The van der Waals surface area contributed by atoms with Gasteiger partial charge in [-0.1, -0.05) is 24.3 Å². The maximum absolute atomic E-state index is 11.5. The van der Waals surface area contributed by atoms with Crippen LogP contribution in [0.4, 0.5) is 5.69 Å². The van der Waals surface area contributed by atoms with E-state index in [4.69, 9.17) is 5.11 Å². The third-order valence-electron chi connectivity index (χ3n) is 3.31. The van der Waals surface area contributed by atoms with Gasteiger partial charge in [0, 0.05) is 18.5 Å². The monoisotopic (exact) mass is 305 g/mol. The van der Waals surface area contributed by atoms with Crippen molar-refractivity contribution in [2.45, 2.75) is 25.0 Å². The highest BCUT2D eigenvalue weighted by Gasteiger charge is 2.08. The summed E-state index contributed by atoms with van der Waals surface area (Å²) in [7, 11) is -3.17. The fourth-order valence-electron chi connectivity index (χ4n) is 2.02. The summed E-state index contributed by atoms with van der Waals surface area (Å²) >= 11 is 0. The second-order valence-corrected chi connectivity index (χ2v) is 7.09. The van der Waals surface area contributed by atoms with E-state index >= 15 is 0 Å². The third kappa shape index (κ3) is 4.06. The smallest absolute Gasteiger partial charge is 0.175 e. The number of anilines is 1. The molecule has 0 spiro atoms. The fraction of sp³-hybridized carbons (Fsp3) is 0.250. The van der Waals surface area contributed by atoms with Gasteiger partial charge in [0.15, 0.2) is 9.84 Å². The van der Waals surface area contributed by atoms with Crippen LogP contribution in [0.25, 0.3) is 0 Å². The zero-order chi connectivity index (χ0) is 15.5. The molecule has 0 saturated heterocycles. The van der Waals surface area contributed by atoms with Crippen molar-refractivity contribution in [3.8, 4) is 0 Å². The molecule has 2 aromatic carbocycles. The van der Waals surface area contributed by atoms with Crippen LogP contribution in [0.15, 0.2) is 47.4 Å². The molecule has 0 aromatic heterocycles. The van der Waals surface area contributed by atoms with Gasteiger partial charge in [-0.3, -0.25) is 0 Å². The van der Waals surface area contributed by atoms with E-state index in [1.54, 1.807) is 18.2 Å². The van der Waals surface area contributed by atoms with E-state index in [0.29, 0.717) is 11.4 Å². The first-order valence-corrected chi connectivity index (χ1v) is 8.52. The van der Waals surface area contributed by atoms with Gasteiger partial charge in [-0.25, -0.2) is 8.42 Å². The summed E-state index contributed by atoms with van der Waals surface area (Å²) < 4.78 is 23.0. The van der Waals surface area contributed by atoms with Gasteiger partial charge < -0.3 is 10.4 Å². The number of sulfone groups is 1. The summed E-state index contributed by atoms with van der Waals surface area (Å²) in [5.74, 6) is 0.